The predicted octanol–water partition coefficient (Wildman–Crippen LogP) is 2.69. The molecule has 0 aliphatic carbocycles. The summed E-state index contributed by atoms with van der Waals surface area (Å²) in [6.07, 6.45) is 1.63. The van der Waals surface area contributed by atoms with Crippen LogP contribution in [0.4, 0.5) is 0 Å². The first-order valence-electron chi connectivity index (χ1n) is 9.17. The molecule has 2 heterocycles. The van der Waals surface area contributed by atoms with Crippen molar-refractivity contribution in [1.29, 1.82) is 0 Å². The van der Waals surface area contributed by atoms with Crippen molar-refractivity contribution >= 4 is 26.8 Å². The highest BCUT2D eigenvalue weighted by Crippen LogP contribution is 2.21. The lowest BCUT2D eigenvalue weighted by atomic mass is 10.1. The number of hydrogen-bond acceptors (Lipinski definition) is 4. The van der Waals surface area contributed by atoms with Crippen LogP contribution in [0.2, 0.25) is 0 Å². The molecule has 3 aromatic rings. The summed E-state index contributed by atoms with van der Waals surface area (Å²) in [5.41, 5.74) is 2.38. The molecule has 0 N–H and O–H groups in total. The number of hydrogen-bond donors (Lipinski definition) is 0. The number of fused-ring (bicyclic) bond motifs is 1. The summed E-state index contributed by atoms with van der Waals surface area (Å²) >= 11 is 0. The molecule has 0 saturated carbocycles. The molecule has 1 saturated heterocycles. The van der Waals surface area contributed by atoms with Gasteiger partial charge in [-0.1, -0.05) is 35.9 Å². The van der Waals surface area contributed by atoms with E-state index in [1.165, 1.54) is 4.31 Å². The van der Waals surface area contributed by atoms with Gasteiger partial charge in [0.15, 0.2) is 0 Å². The normalized spacial score (nSPS) is 15.7. The largest absolute Gasteiger partial charge is 0.336 e. The molecule has 4 rings (SSSR count). The number of aromatic nitrogens is 1. The minimum atomic E-state index is -3.54. The standard InChI is InChI=1S/C21H21N3O3S/c1-16-6-8-17(9-7-16)28(26,27)24-14-12-23(13-15-24)21(25)19-10-11-22-20-5-3-2-4-18(19)20/h2-11H,12-15H2,1H3. The fourth-order valence-electron chi connectivity index (χ4n) is 3.44. The Bertz CT molecular complexity index is 1110. The molecule has 0 bridgehead atoms. The summed E-state index contributed by atoms with van der Waals surface area (Å²) in [4.78, 5) is 19.3. The Hall–Kier alpha value is -2.77. The van der Waals surface area contributed by atoms with Crippen molar-refractivity contribution < 1.29 is 13.2 Å². The second-order valence-corrected chi connectivity index (χ2v) is 8.82. The molecule has 0 unspecified atom stereocenters. The van der Waals surface area contributed by atoms with Crippen LogP contribution in [0.25, 0.3) is 10.9 Å². The van der Waals surface area contributed by atoms with Crippen LogP contribution in [0.5, 0.6) is 0 Å². The fraction of sp³-hybridized carbons (Fsp3) is 0.238. The molecule has 7 heteroatoms. The zero-order chi connectivity index (χ0) is 19.7. The molecular weight excluding hydrogens is 374 g/mol. The third-order valence-corrected chi connectivity index (χ3v) is 6.98. The van der Waals surface area contributed by atoms with Crippen molar-refractivity contribution in [3.05, 3.63) is 71.9 Å². The summed E-state index contributed by atoms with van der Waals surface area (Å²) in [6.45, 7) is 3.21. The number of pyridine rings is 1. The summed E-state index contributed by atoms with van der Waals surface area (Å²) in [7, 11) is -3.54. The Kier molecular flexibility index (Phi) is 4.87. The maximum absolute atomic E-state index is 13.0. The minimum absolute atomic E-state index is 0.0917. The first-order valence-corrected chi connectivity index (χ1v) is 10.6. The van der Waals surface area contributed by atoms with Crippen molar-refractivity contribution in [3.63, 3.8) is 0 Å². The van der Waals surface area contributed by atoms with Crippen LogP contribution in [0.1, 0.15) is 15.9 Å². The quantitative estimate of drug-likeness (QED) is 0.684. The van der Waals surface area contributed by atoms with E-state index in [2.05, 4.69) is 4.98 Å². The third-order valence-electron chi connectivity index (χ3n) is 5.06. The van der Waals surface area contributed by atoms with Gasteiger partial charge in [0.25, 0.3) is 5.91 Å². The number of carbonyl (C=O) groups excluding carboxylic acids is 1. The van der Waals surface area contributed by atoms with Gasteiger partial charge in [-0.25, -0.2) is 8.42 Å². The highest BCUT2D eigenvalue weighted by atomic mass is 32.2. The Morgan fingerprint density at radius 2 is 1.61 bits per heavy atom. The average molecular weight is 395 g/mol. The van der Waals surface area contributed by atoms with Crippen molar-refractivity contribution in [2.75, 3.05) is 26.2 Å². The molecule has 0 atom stereocenters. The van der Waals surface area contributed by atoms with Crippen molar-refractivity contribution in [3.8, 4) is 0 Å². The third kappa shape index (κ3) is 3.39. The smallest absolute Gasteiger partial charge is 0.254 e. The van der Waals surface area contributed by atoms with Gasteiger partial charge in [0.2, 0.25) is 10.0 Å². The molecule has 2 aromatic carbocycles. The number of carbonyl (C=O) groups is 1. The number of aryl methyl sites for hydroxylation is 1. The molecule has 1 amide bonds. The van der Waals surface area contributed by atoms with Gasteiger partial charge in [-0.2, -0.15) is 4.31 Å². The molecule has 0 spiro atoms. The van der Waals surface area contributed by atoms with Crippen molar-refractivity contribution in [2.45, 2.75) is 11.8 Å². The zero-order valence-corrected chi connectivity index (χ0v) is 16.4. The second-order valence-electron chi connectivity index (χ2n) is 6.89. The molecular formula is C21H21N3O3S. The van der Waals surface area contributed by atoms with E-state index < -0.39 is 10.0 Å². The lowest BCUT2D eigenvalue weighted by Gasteiger charge is -2.34. The van der Waals surface area contributed by atoms with Gasteiger partial charge in [0.05, 0.1) is 16.0 Å². The Morgan fingerprint density at radius 1 is 0.929 bits per heavy atom. The summed E-state index contributed by atoms with van der Waals surface area (Å²) < 4.78 is 27.1. The van der Waals surface area contributed by atoms with Gasteiger partial charge < -0.3 is 4.90 Å². The van der Waals surface area contributed by atoms with E-state index in [1.807, 2.05) is 31.2 Å². The summed E-state index contributed by atoms with van der Waals surface area (Å²) in [6, 6.07) is 16.1. The van der Waals surface area contributed by atoms with Crippen LogP contribution < -0.4 is 0 Å². The molecule has 1 aliphatic heterocycles. The molecule has 1 fully saturated rings. The van der Waals surface area contributed by atoms with E-state index in [0.717, 1.165) is 16.5 Å². The van der Waals surface area contributed by atoms with Crippen LogP contribution in [-0.4, -0.2) is 54.7 Å². The topological polar surface area (TPSA) is 70.6 Å². The van der Waals surface area contributed by atoms with Crippen LogP contribution in [0.3, 0.4) is 0 Å². The molecule has 28 heavy (non-hydrogen) atoms. The van der Waals surface area contributed by atoms with Gasteiger partial charge in [-0.05, 0) is 31.2 Å². The minimum Gasteiger partial charge on any atom is -0.336 e. The Labute approximate surface area is 164 Å². The van der Waals surface area contributed by atoms with Crippen LogP contribution in [-0.2, 0) is 10.0 Å². The highest BCUT2D eigenvalue weighted by molar-refractivity contribution is 7.89. The van der Waals surface area contributed by atoms with E-state index in [9.17, 15) is 13.2 Å². The van der Waals surface area contributed by atoms with Crippen molar-refractivity contribution in [1.82, 2.24) is 14.2 Å². The fourth-order valence-corrected chi connectivity index (χ4v) is 4.87. The lowest BCUT2D eigenvalue weighted by Crippen LogP contribution is -2.50. The van der Waals surface area contributed by atoms with Crippen LogP contribution in [0.15, 0.2) is 65.7 Å². The van der Waals surface area contributed by atoms with E-state index in [1.54, 1.807) is 41.4 Å². The molecule has 144 valence electrons. The number of sulfonamides is 1. The number of benzene rings is 2. The Morgan fingerprint density at radius 3 is 2.32 bits per heavy atom. The number of para-hydroxylation sites is 1. The number of amides is 1. The van der Waals surface area contributed by atoms with E-state index >= 15 is 0 Å². The Balaban J connectivity index is 1.51. The van der Waals surface area contributed by atoms with Gasteiger partial charge >= 0.3 is 0 Å². The summed E-state index contributed by atoms with van der Waals surface area (Å²) in [5, 5.41) is 0.810. The average Bonchev–Trinajstić information content (AvgIpc) is 2.73. The number of piperazine rings is 1. The van der Waals surface area contributed by atoms with Gasteiger partial charge in [0.1, 0.15) is 0 Å². The second kappa shape index (κ2) is 7.33. The highest BCUT2D eigenvalue weighted by Gasteiger charge is 2.30. The van der Waals surface area contributed by atoms with Crippen LogP contribution >= 0.6 is 0 Å². The van der Waals surface area contributed by atoms with Crippen molar-refractivity contribution in [2.24, 2.45) is 0 Å². The van der Waals surface area contributed by atoms with Crippen LogP contribution in [0, 0.1) is 6.92 Å². The van der Waals surface area contributed by atoms with Gasteiger partial charge in [-0.3, -0.25) is 9.78 Å². The first-order chi connectivity index (χ1) is 13.5. The zero-order valence-electron chi connectivity index (χ0n) is 15.6. The van der Waals surface area contributed by atoms with E-state index in [0.29, 0.717) is 18.7 Å². The number of nitrogens with zero attached hydrogens (tertiary/aromatic N) is 3. The maximum atomic E-state index is 13.0. The van der Waals surface area contributed by atoms with Gasteiger partial charge in [0, 0.05) is 37.8 Å². The van der Waals surface area contributed by atoms with Gasteiger partial charge in [-0.15, -0.1) is 0 Å². The maximum Gasteiger partial charge on any atom is 0.254 e. The monoisotopic (exact) mass is 395 g/mol. The molecule has 1 aromatic heterocycles. The SMILES string of the molecule is Cc1ccc(S(=O)(=O)N2CCN(C(=O)c3ccnc4ccccc34)CC2)cc1. The molecule has 1 aliphatic rings. The predicted molar refractivity (Wildman–Crippen MR) is 108 cm³/mol. The lowest BCUT2D eigenvalue weighted by molar-refractivity contribution is 0.0700. The number of rotatable bonds is 3. The molecule has 0 radical (unpaired) electrons. The van der Waals surface area contributed by atoms with E-state index in [4.69, 9.17) is 0 Å². The first kappa shape index (κ1) is 18.6. The summed E-state index contributed by atoms with van der Waals surface area (Å²) in [5.74, 6) is -0.0917. The molecule has 6 nitrogen and oxygen atoms in total. The van der Waals surface area contributed by atoms with E-state index in [-0.39, 0.29) is 23.9 Å².